The Morgan fingerprint density at radius 2 is 2.12 bits per heavy atom. The Balaban J connectivity index is 2.68. The Morgan fingerprint density at radius 3 is 2.81 bits per heavy atom. The van der Waals surface area contributed by atoms with Gasteiger partial charge in [0.15, 0.2) is 0 Å². The number of aromatic nitrogens is 1. The number of nitrogens with zero attached hydrogens (tertiary/aromatic N) is 1. The second-order valence-electron chi connectivity index (χ2n) is 3.72. The predicted octanol–water partition coefficient (Wildman–Crippen LogP) is 2.91. The van der Waals surface area contributed by atoms with Crippen LogP contribution in [0.15, 0.2) is 35.3 Å². The lowest BCUT2D eigenvalue weighted by molar-refractivity contribution is 0.969. The Hall–Kier alpha value is -1.54. The first-order chi connectivity index (χ1) is 7.59. The van der Waals surface area contributed by atoms with Crippen molar-refractivity contribution in [2.45, 2.75) is 13.8 Å². The summed E-state index contributed by atoms with van der Waals surface area (Å²) in [5, 5.41) is 0.559. The van der Waals surface area contributed by atoms with Crippen LogP contribution in [-0.2, 0) is 0 Å². The molecule has 0 aliphatic carbocycles. The van der Waals surface area contributed by atoms with Crippen LogP contribution < -0.4 is 5.56 Å². The Kier molecular flexibility index (Phi) is 2.84. The number of pyridine rings is 1. The van der Waals surface area contributed by atoms with Gasteiger partial charge in [-0.25, -0.2) is 0 Å². The number of halogens is 1. The summed E-state index contributed by atoms with van der Waals surface area (Å²) < 4.78 is 1.54. The fraction of sp³-hybridized carbons (Fsp3) is 0.154. The molecule has 2 aromatic rings. The molecule has 0 N–H and O–H groups in total. The van der Waals surface area contributed by atoms with Gasteiger partial charge in [0.05, 0.1) is 10.7 Å². The molecule has 1 aromatic heterocycles. The first-order valence-electron chi connectivity index (χ1n) is 4.96. The predicted molar refractivity (Wildman–Crippen MR) is 65.4 cm³/mol. The van der Waals surface area contributed by atoms with Gasteiger partial charge >= 0.3 is 0 Å². The van der Waals surface area contributed by atoms with E-state index in [0.717, 1.165) is 5.56 Å². The third-order valence-corrected chi connectivity index (χ3v) is 2.72. The van der Waals surface area contributed by atoms with Crippen LogP contribution in [0, 0.1) is 19.9 Å². The monoisotopic (exact) mass is 232 g/mol. The highest BCUT2D eigenvalue weighted by Gasteiger charge is 2.05. The molecule has 3 heteroatoms. The molecule has 16 heavy (non-hydrogen) atoms. The molecule has 2 nitrogen and oxygen atoms in total. The molecule has 0 atom stereocenters. The number of rotatable bonds is 1. The van der Waals surface area contributed by atoms with E-state index in [1.54, 1.807) is 31.3 Å². The summed E-state index contributed by atoms with van der Waals surface area (Å²) in [6, 6.07) is 10.2. The number of hydrogen-bond donors (Lipinski definition) is 0. The fourth-order valence-corrected chi connectivity index (χ4v) is 1.84. The first-order valence-corrected chi connectivity index (χ1v) is 5.34. The van der Waals surface area contributed by atoms with E-state index in [4.69, 9.17) is 11.6 Å². The second-order valence-corrected chi connectivity index (χ2v) is 4.12. The molecular weight excluding hydrogens is 222 g/mol. The smallest absolute Gasteiger partial charge is 0.258 e. The lowest BCUT2D eigenvalue weighted by atomic mass is 10.2. The molecule has 0 aliphatic heterocycles. The Morgan fingerprint density at radius 1 is 1.38 bits per heavy atom. The third-order valence-electron chi connectivity index (χ3n) is 2.42. The van der Waals surface area contributed by atoms with Crippen molar-refractivity contribution >= 4 is 11.6 Å². The molecule has 81 valence electrons. The molecule has 0 saturated carbocycles. The first kappa shape index (κ1) is 11.0. The molecule has 0 amide bonds. The van der Waals surface area contributed by atoms with E-state index < -0.39 is 0 Å². The van der Waals surface area contributed by atoms with Crippen LogP contribution in [0.5, 0.6) is 0 Å². The minimum atomic E-state index is -0.0540. The van der Waals surface area contributed by atoms with Gasteiger partial charge in [0.1, 0.15) is 0 Å². The standard InChI is InChI=1S/C13H11ClNO/c1-9-5-6-12(11(14)8-9)15-7-3-4-10(2)13(15)16/h3-4,6-8H,1-2H3. The number of hydrogen-bond acceptors (Lipinski definition) is 1. The van der Waals surface area contributed by atoms with E-state index in [1.807, 2.05) is 13.0 Å². The molecule has 1 heterocycles. The second kappa shape index (κ2) is 4.14. The Labute approximate surface area is 99.1 Å². The average Bonchev–Trinajstić information content (AvgIpc) is 2.23. The molecule has 0 fully saturated rings. The minimum Gasteiger partial charge on any atom is -0.283 e. The van der Waals surface area contributed by atoms with Crippen LogP contribution >= 0.6 is 11.6 Å². The molecule has 0 saturated heterocycles. The summed E-state index contributed by atoms with van der Waals surface area (Å²) in [4.78, 5) is 11.9. The van der Waals surface area contributed by atoms with Crippen LogP contribution in [0.2, 0.25) is 5.02 Å². The molecule has 2 rings (SSSR count). The summed E-state index contributed by atoms with van der Waals surface area (Å²) in [7, 11) is 0. The van der Waals surface area contributed by atoms with E-state index in [1.165, 1.54) is 4.57 Å². The van der Waals surface area contributed by atoms with Gasteiger partial charge in [-0.2, -0.15) is 0 Å². The van der Waals surface area contributed by atoms with Crippen LogP contribution in [-0.4, -0.2) is 4.57 Å². The topological polar surface area (TPSA) is 22.0 Å². The highest BCUT2D eigenvalue weighted by molar-refractivity contribution is 6.32. The molecule has 0 bridgehead atoms. The molecule has 0 unspecified atom stereocenters. The van der Waals surface area contributed by atoms with Gasteiger partial charge in [-0.05, 0) is 43.7 Å². The van der Waals surface area contributed by atoms with Crippen molar-refractivity contribution in [3.8, 4) is 5.69 Å². The van der Waals surface area contributed by atoms with Crippen molar-refractivity contribution in [3.63, 3.8) is 0 Å². The third kappa shape index (κ3) is 1.89. The van der Waals surface area contributed by atoms with Crippen molar-refractivity contribution in [1.82, 2.24) is 4.57 Å². The van der Waals surface area contributed by atoms with E-state index in [-0.39, 0.29) is 5.56 Å². The average molecular weight is 233 g/mol. The summed E-state index contributed by atoms with van der Waals surface area (Å²) >= 11 is 6.11. The summed E-state index contributed by atoms with van der Waals surface area (Å²) in [5.41, 5.74) is 2.26. The van der Waals surface area contributed by atoms with Crippen LogP contribution in [0.1, 0.15) is 11.1 Å². The number of aryl methyl sites for hydroxylation is 2. The minimum absolute atomic E-state index is 0.0540. The van der Waals surface area contributed by atoms with Crippen LogP contribution in [0.25, 0.3) is 5.69 Å². The van der Waals surface area contributed by atoms with E-state index in [2.05, 4.69) is 6.07 Å². The van der Waals surface area contributed by atoms with Gasteiger partial charge < -0.3 is 0 Å². The highest BCUT2D eigenvalue weighted by Crippen LogP contribution is 2.19. The van der Waals surface area contributed by atoms with Gasteiger partial charge in [0.2, 0.25) is 0 Å². The molecule has 0 spiro atoms. The molecule has 1 radical (unpaired) electrons. The van der Waals surface area contributed by atoms with Crippen molar-refractivity contribution < 1.29 is 0 Å². The normalized spacial score (nSPS) is 10.4. The zero-order valence-corrected chi connectivity index (χ0v) is 9.88. The van der Waals surface area contributed by atoms with Gasteiger partial charge in [0, 0.05) is 11.8 Å². The van der Waals surface area contributed by atoms with Gasteiger partial charge in [0.25, 0.3) is 5.56 Å². The largest absolute Gasteiger partial charge is 0.283 e. The quantitative estimate of drug-likeness (QED) is 0.741. The molecular formula is C13H11ClNO. The maximum atomic E-state index is 11.9. The van der Waals surface area contributed by atoms with Gasteiger partial charge in [-0.1, -0.05) is 17.7 Å². The van der Waals surface area contributed by atoms with E-state index in [9.17, 15) is 4.79 Å². The fourth-order valence-electron chi connectivity index (χ4n) is 1.53. The van der Waals surface area contributed by atoms with Crippen molar-refractivity contribution in [2.24, 2.45) is 0 Å². The maximum absolute atomic E-state index is 11.9. The maximum Gasteiger partial charge on any atom is 0.258 e. The summed E-state index contributed by atoms with van der Waals surface area (Å²) in [5.74, 6) is 0. The van der Waals surface area contributed by atoms with Gasteiger partial charge in [-0.3, -0.25) is 9.36 Å². The van der Waals surface area contributed by atoms with Crippen molar-refractivity contribution in [1.29, 1.82) is 0 Å². The Bertz CT molecular complexity index is 587. The summed E-state index contributed by atoms with van der Waals surface area (Å²) in [6.45, 7) is 3.69. The number of benzene rings is 1. The summed E-state index contributed by atoms with van der Waals surface area (Å²) in [6.07, 6.45) is 1.71. The highest BCUT2D eigenvalue weighted by atomic mass is 35.5. The van der Waals surface area contributed by atoms with Crippen LogP contribution in [0.3, 0.4) is 0 Å². The SMILES string of the molecule is Cc1[c]cc(-n2cccc(C)c2=O)c(Cl)c1. The molecule has 0 aliphatic rings. The van der Waals surface area contributed by atoms with E-state index >= 15 is 0 Å². The van der Waals surface area contributed by atoms with Gasteiger partial charge in [-0.15, -0.1) is 0 Å². The van der Waals surface area contributed by atoms with E-state index in [0.29, 0.717) is 16.3 Å². The van der Waals surface area contributed by atoms with Crippen molar-refractivity contribution in [2.75, 3.05) is 0 Å². The zero-order chi connectivity index (χ0) is 11.7. The van der Waals surface area contributed by atoms with Crippen molar-refractivity contribution in [3.05, 3.63) is 63.0 Å². The molecule has 1 aromatic carbocycles. The lowest BCUT2D eigenvalue weighted by Gasteiger charge is -2.08. The zero-order valence-electron chi connectivity index (χ0n) is 9.12. The van der Waals surface area contributed by atoms with Crippen LogP contribution in [0.4, 0.5) is 0 Å². The lowest BCUT2D eigenvalue weighted by Crippen LogP contribution is -2.19.